The average Bonchev–Trinajstić information content (AvgIpc) is 3.67. The molecule has 2 bridgehead atoms. The van der Waals surface area contributed by atoms with Gasteiger partial charge >= 0.3 is 0 Å². The molecule has 0 radical (unpaired) electrons. The van der Waals surface area contributed by atoms with Crippen LogP contribution >= 0.6 is 0 Å². The smallest absolute Gasteiger partial charge is 0.252 e. The molecule has 4 aromatic rings. The Morgan fingerprint density at radius 3 is 2.18 bits per heavy atom. The summed E-state index contributed by atoms with van der Waals surface area (Å²) in [7, 11) is 0. The lowest BCUT2D eigenvalue weighted by atomic mass is 9.50. The Kier molecular flexibility index (Phi) is 6.87. The van der Waals surface area contributed by atoms with Gasteiger partial charge in [-0.2, -0.15) is 5.21 Å². The summed E-state index contributed by atoms with van der Waals surface area (Å²) in [6.45, 7) is 6.71. The van der Waals surface area contributed by atoms with E-state index in [1.54, 1.807) is 55.1 Å². The molecule has 2 atom stereocenters. The first-order chi connectivity index (χ1) is 21.2. The van der Waals surface area contributed by atoms with Gasteiger partial charge in [0.15, 0.2) is 5.78 Å². The Balaban J connectivity index is 1.27. The van der Waals surface area contributed by atoms with E-state index < -0.39 is 11.6 Å². The third-order valence-corrected chi connectivity index (χ3v) is 10.0. The van der Waals surface area contributed by atoms with Crippen molar-refractivity contribution in [3.05, 3.63) is 102 Å². The average molecular weight is 589 g/mol. The summed E-state index contributed by atoms with van der Waals surface area (Å²) in [6.07, 6.45) is 13.3. The standard InChI is InChI=1S/C34H36N8O2/c1-33(2,26-16-21-18-34(3,19-21)20-26)42-28(17-27(43)22-4-6-25(7-5-22)31-38-40-41-39-31)37-30(32(42)44)29(23-8-12-35-13-9-23)24-10-14-36-15-11-24/h4-15,17,21,26,29-30,37H,16,18-20H2,1-3H3,(H,38,39,40,41)/b28-17+. The van der Waals surface area contributed by atoms with Crippen molar-refractivity contribution in [2.45, 2.75) is 64.0 Å². The largest absolute Gasteiger partial charge is 0.359 e. The van der Waals surface area contributed by atoms with E-state index in [0.717, 1.165) is 29.5 Å². The van der Waals surface area contributed by atoms with Gasteiger partial charge in [-0.25, -0.2) is 0 Å². The molecular formula is C34H36N8O2. The first-order valence-electron chi connectivity index (χ1n) is 15.2. The molecule has 4 fully saturated rings. The van der Waals surface area contributed by atoms with E-state index in [-0.39, 0.29) is 17.6 Å². The summed E-state index contributed by atoms with van der Waals surface area (Å²) < 4.78 is 0. The lowest BCUT2D eigenvalue weighted by Gasteiger charge is -2.58. The molecule has 1 aromatic carbocycles. The van der Waals surface area contributed by atoms with Crippen molar-refractivity contribution in [3.63, 3.8) is 0 Å². The number of H-pyrrole nitrogens is 1. The van der Waals surface area contributed by atoms with Crippen LogP contribution in [0.5, 0.6) is 0 Å². The molecule has 3 aliphatic carbocycles. The molecule has 1 aliphatic heterocycles. The van der Waals surface area contributed by atoms with Crippen molar-refractivity contribution < 1.29 is 9.59 Å². The van der Waals surface area contributed by atoms with Crippen molar-refractivity contribution in [3.8, 4) is 11.4 Å². The number of tetrazole rings is 1. The molecule has 10 nitrogen and oxygen atoms in total. The minimum Gasteiger partial charge on any atom is -0.359 e. The van der Waals surface area contributed by atoms with Crippen molar-refractivity contribution >= 4 is 11.7 Å². The lowest BCUT2D eigenvalue weighted by Crippen LogP contribution is -2.56. The highest BCUT2D eigenvalue weighted by molar-refractivity contribution is 6.06. The Hall–Kier alpha value is -4.73. The molecule has 44 heavy (non-hydrogen) atoms. The number of hydrogen-bond donors (Lipinski definition) is 2. The molecular weight excluding hydrogens is 552 g/mol. The van der Waals surface area contributed by atoms with Crippen LogP contribution in [-0.4, -0.2) is 58.8 Å². The van der Waals surface area contributed by atoms with E-state index in [4.69, 9.17) is 0 Å². The number of nitrogens with zero attached hydrogens (tertiary/aromatic N) is 6. The maximum absolute atomic E-state index is 14.7. The van der Waals surface area contributed by atoms with Gasteiger partial charge < -0.3 is 5.32 Å². The van der Waals surface area contributed by atoms with Gasteiger partial charge in [-0.15, -0.1) is 10.2 Å². The minimum absolute atomic E-state index is 0.0375. The van der Waals surface area contributed by atoms with E-state index in [2.05, 4.69) is 56.7 Å². The Labute approximate surface area is 256 Å². The Morgan fingerprint density at radius 2 is 1.61 bits per heavy atom. The van der Waals surface area contributed by atoms with E-state index in [1.807, 2.05) is 29.2 Å². The number of aromatic amines is 1. The summed E-state index contributed by atoms with van der Waals surface area (Å²) in [4.78, 5) is 38.8. The highest BCUT2D eigenvalue weighted by atomic mass is 16.2. The molecule has 1 amide bonds. The summed E-state index contributed by atoms with van der Waals surface area (Å²) >= 11 is 0. The fourth-order valence-electron chi connectivity index (χ4n) is 7.93. The number of aromatic nitrogens is 6. The fourth-order valence-corrected chi connectivity index (χ4v) is 7.93. The molecule has 4 heterocycles. The molecule has 2 unspecified atom stereocenters. The van der Waals surface area contributed by atoms with Crippen LogP contribution in [0, 0.1) is 17.3 Å². The fraction of sp³-hybridized carbons (Fsp3) is 0.382. The van der Waals surface area contributed by atoms with Gasteiger partial charge in [0.2, 0.25) is 5.82 Å². The zero-order valence-corrected chi connectivity index (χ0v) is 25.1. The van der Waals surface area contributed by atoms with E-state index in [0.29, 0.717) is 34.5 Å². The van der Waals surface area contributed by atoms with Gasteiger partial charge in [-0.1, -0.05) is 31.2 Å². The molecule has 2 N–H and O–H groups in total. The van der Waals surface area contributed by atoms with Gasteiger partial charge in [0, 0.05) is 53.4 Å². The third kappa shape index (κ3) is 4.98. The number of allylic oxidation sites excluding steroid dienone is 1. The van der Waals surface area contributed by atoms with Crippen LogP contribution in [0.2, 0.25) is 0 Å². The monoisotopic (exact) mass is 588 g/mol. The van der Waals surface area contributed by atoms with Gasteiger partial charge in [0.05, 0.1) is 0 Å². The second kappa shape index (κ2) is 10.8. The second-order valence-corrected chi connectivity index (χ2v) is 13.4. The number of pyridine rings is 2. The summed E-state index contributed by atoms with van der Waals surface area (Å²) in [5, 5.41) is 17.6. The quantitative estimate of drug-likeness (QED) is 0.219. The Morgan fingerprint density at radius 1 is 0.977 bits per heavy atom. The van der Waals surface area contributed by atoms with Crippen LogP contribution in [0.25, 0.3) is 11.4 Å². The minimum atomic E-state index is -0.618. The molecule has 4 aliphatic rings. The van der Waals surface area contributed by atoms with Gasteiger partial charge in [0.1, 0.15) is 11.9 Å². The SMILES string of the molecule is CC12CC(CC(C(C)(C)N3C(=O)C(C(c4ccncc4)c4ccncc4)N/C3=C\C(=O)c3ccc(-c4nn[nH]n4)cc3)C1)C2. The van der Waals surface area contributed by atoms with E-state index in [9.17, 15) is 9.59 Å². The van der Waals surface area contributed by atoms with Crippen molar-refractivity contribution in [1.29, 1.82) is 0 Å². The number of hydrogen-bond acceptors (Lipinski definition) is 8. The predicted molar refractivity (Wildman–Crippen MR) is 164 cm³/mol. The lowest BCUT2D eigenvalue weighted by molar-refractivity contribution is -0.138. The van der Waals surface area contributed by atoms with Gasteiger partial charge in [-0.05, 0) is 97.4 Å². The van der Waals surface area contributed by atoms with Crippen LogP contribution in [-0.2, 0) is 4.79 Å². The molecule has 10 heteroatoms. The van der Waals surface area contributed by atoms with Crippen molar-refractivity contribution in [2.75, 3.05) is 0 Å². The van der Waals surface area contributed by atoms with Crippen LogP contribution in [0.4, 0.5) is 0 Å². The number of carbonyl (C=O) groups is 2. The highest BCUT2D eigenvalue weighted by Crippen LogP contribution is 2.60. The van der Waals surface area contributed by atoms with Crippen LogP contribution in [0.3, 0.4) is 0 Å². The van der Waals surface area contributed by atoms with Crippen molar-refractivity contribution in [1.82, 2.24) is 40.8 Å². The first kappa shape index (κ1) is 28.1. The molecule has 8 rings (SSSR count). The topological polar surface area (TPSA) is 130 Å². The Bertz CT molecular complexity index is 1640. The predicted octanol–water partition coefficient (Wildman–Crippen LogP) is 4.92. The molecule has 0 spiro atoms. The third-order valence-electron chi connectivity index (χ3n) is 10.0. The van der Waals surface area contributed by atoms with Gasteiger partial charge in [-0.3, -0.25) is 24.5 Å². The normalized spacial score (nSPS) is 25.6. The number of ketones is 1. The number of rotatable bonds is 8. The van der Waals surface area contributed by atoms with Crippen LogP contribution in [0.15, 0.2) is 85.2 Å². The van der Waals surface area contributed by atoms with E-state index in [1.165, 1.54) is 12.8 Å². The number of carbonyl (C=O) groups excluding carboxylic acids is 2. The number of benzene rings is 1. The zero-order valence-electron chi connectivity index (χ0n) is 25.1. The summed E-state index contributed by atoms with van der Waals surface area (Å²) in [5.41, 5.74) is 3.01. The molecule has 3 aromatic heterocycles. The number of fused-ring (bicyclic) bond motifs is 2. The number of nitrogens with one attached hydrogen (secondary N) is 2. The van der Waals surface area contributed by atoms with Crippen LogP contribution < -0.4 is 5.32 Å². The maximum Gasteiger partial charge on any atom is 0.252 e. The number of amides is 1. The van der Waals surface area contributed by atoms with E-state index >= 15 is 0 Å². The van der Waals surface area contributed by atoms with Gasteiger partial charge in [0.25, 0.3) is 5.91 Å². The molecule has 1 saturated heterocycles. The highest BCUT2D eigenvalue weighted by Gasteiger charge is 2.55. The first-order valence-corrected chi connectivity index (χ1v) is 15.2. The van der Waals surface area contributed by atoms with Crippen molar-refractivity contribution in [2.24, 2.45) is 17.3 Å². The molecule has 224 valence electrons. The molecule has 3 saturated carbocycles. The van der Waals surface area contributed by atoms with Crippen LogP contribution in [0.1, 0.15) is 73.9 Å². The maximum atomic E-state index is 14.7. The summed E-state index contributed by atoms with van der Waals surface area (Å²) in [6, 6.07) is 14.3. The zero-order chi connectivity index (χ0) is 30.5. The second-order valence-electron chi connectivity index (χ2n) is 13.4. The summed E-state index contributed by atoms with van der Waals surface area (Å²) in [5.74, 6) is 1.48.